The molecular weight excluding hydrogens is 372 g/mol. The molecule has 6 heteroatoms. The number of hydrogen-bond acceptors (Lipinski definition) is 2. The molecule has 0 saturated heterocycles. The highest BCUT2D eigenvalue weighted by atomic mass is 15.2. The number of imidazole rings is 2. The molecule has 30 heavy (non-hydrogen) atoms. The molecule has 0 bridgehead atoms. The Morgan fingerprint density at radius 3 is 0.833 bits per heavy atom. The van der Waals surface area contributed by atoms with E-state index in [9.17, 15) is 0 Å². The van der Waals surface area contributed by atoms with Crippen LogP contribution in [0.2, 0.25) is 0 Å². The second kappa shape index (κ2) is 9.44. The fourth-order valence-corrected chi connectivity index (χ4v) is 4.61. The first-order valence-electron chi connectivity index (χ1n) is 11.5. The quantitative estimate of drug-likeness (QED) is 0.573. The average molecular weight is 417 g/mol. The summed E-state index contributed by atoms with van der Waals surface area (Å²) in [5.41, 5.74) is 7.32. The van der Waals surface area contributed by atoms with Gasteiger partial charge in [-0.2, -0.15) is 0 Å². The molecule has 0 unspecified atom stereocenters. The molecule has 0 saturated carbocycles. The lowest BCUT2D eigenvalue weighted by atomic mass is 10.3. The molecule has 170 valence electrons. The monoisotopic (exact) mass is 416 g/mol. The van der Waals surface area contributed by atoms with E-state index in [1.165, 1.54) is 22.8 Å². The van der Waals surface area contributed by atoms with Crippen molar-refractivity contribution in [2.75, 3.05) is 13.1 Å². The molecule has 0 spiro atoms. The fraction of sp³-hybridized carbons (Fsp3) is 0.750. The van der Waals surface area contributed by atoms with Gasteiger partial charge in [-0.1, -0.05) is 0 Å². The molecule has 2 aromatic rings. The van der Waals surface area contributed by atoms with Gasteiger partial charge >= 0.3 is 0 Å². The van der Waals surface area contributed by atoms with E-state index in [2.05, 4.69) is 101 Å². The Hall–Kier alpha value is -1.98. The summed E-state index contributed by atoms with van der Waals surface area (Å²) in [7, 11) is 0. The molecule has 0 N–H and O–H groups in total. The highest BCUT2D eigenvalue weighted by Gasteiger charge is 2.17. The number of aromatic nitrogens is 4. The van der Waals surface area contributed by atoms with Crippen LogP contribution in [0.1, 0.15) is 102 Å². The first-order valence-corrected chi connectivity index (χ1v) is 11.5. The van der Waals surface area contributed by atoms with E-state index in [1.807, 2.05) is 0 Å². The Bertz CT molecular complexity index is 851. The minimum atomic E-state index is 0.381. The van der Waals surface area contributed by atoms with Gasteiger partial charge in [0.05, 0.1) is 13.1 Å². The second-order valence-corrected chi connectivity index (χ2v) is 9.56. The summed E-state index contributed by atoms with van der Waals surface area (Å²) in [5.74, 6) is 0. The second-order valence-electron chi connectivity index (χ2n) is 9.56. The lowest BCUT2D eigenvalue weighted by Gasteiger charge is -2.13. The molecule has 0 aromatic carbocycles. The molecule has 0 aliphatic rings. The Balaban J connectivity index is 2.53. The zero-order valence-electron chi connectivity index (χ0n) is 21.4. The Labute approximate surface area is 183 Å². The van der Waals surface area contributed by atoms with Crippen LogP contribution < -0.4 is 11.2 Å². The van der Waals surface area contributed by atoms with Crippen LogP contribution in [0.15, 0.2) is 9.98 Å². The van der Waals surface area contributed by atoms with Crippen LogP contribution in [0.25, 0.3) is 0 Å². The lowest BCUT2D eigenvalue weighted by molar-refractivity contribution is 0.490. The maximum Gasteiger partial charge on any atom is 0.205 e. The van der Waals surface area contributed by atoms with Gasteiger partial charge in [-0.25, -0.2) is 0 Å². The minimum absolute atomic E-state index is 0.381. The third-order valence-electron chi connectivity index (χ3n) is 6.03. The van der Waals surface area contributed by atoms with Crippen LogP contribution in [0.4, 0.5) is 0 Å². The van der Waals surface area contributed by atoms with E-state index < -0.39 is 0 Å². The lowest BCUT2D eigenvalue weighted by Crippen LogP contribution is -2.31. The molecule has 0 atom stereocenters. The van der Waals surface area contributed by atoms with Crippen LogP contribution in [0.5, 0.6) is 0 Å². The van der Waals surface area contributed by atoms with Crippen LogP contribution in [-0.4, -0.2) is 31.4 Å². The highest BCUT2D eigenvalue weighted by Crippen LogP contribution is 2.16. The van der Waals surface area contributed by atoms with Gasteiger partial charge < -0.3 is 18.3 Å². The predicted molar refractivity (Wildman–Crippen MR) is 126 cm³/mol. The molecule has 0 fully saturated rings. The molecular formula is C24H44N6. The SMILES string of the molecule is Cc1c(C)n(C(C)C)c(=NCCN=c2n(C(C)C)c(C)c(C)n2C(C)C)n1C(C)C. The summed E-state index contributed by atoms with van der Waals surface area (Å²) in [6.45, 7) is 28.0. The fourth-order valence-electron chi connectivity index (χ4n) is 4.61. The smallest absolute Gasteiger partial charge is 0.205 e. The van der Waals surface area contributed by atoms with Crippen molar-refractivity contribution in [3.8, 4) is 0 Å². The molecule has 0 aliphatic carbocycles. The largest absolute Gasteiger partial charge is 0.312 e. The van der Waals surface area contributed by atoms with Crippen molar-refractivity contribution in [3.05, 3.63) is 34.0 Å². The zero-order chi connectivity index (χ0) is 22.9. The molecule has 0 radical (unpaired) electrons. The van der Waals surface area contributed by atoms with Crippen molar-refractivity contribution in [1.29, 1.82) is 0 Å². The van der Waals surface area contributed by atoms with Gasteiger partial charge in [0.1, 0.15) is 0 Å². The first-order chi connectivity index (χ1) is 13.9. The van der Waals surface area contributed by atoms with E-state index in [-0.39, 0.29) is 0 Å². The van der Waals surface area contributed by atoms with E-state index in [0.29, 0.717) is 37.3 Å². The molecule has 2 aromatic heterocycles. The summed E-state index contributed by atoms with van der Waals surface area (Å²) in [6.07, 6.45) is 0. The van der Waals surface area contributed by atoms with Crippen molar-refractivity contribution in [2.45, 2.75) is 107 Å². The summed E-state index contributed by atoms with van der Waals surface area (Å²) in [5, 5.41) is 0. The minimum Gasteiger partial charge on any atom is -0.312 e. The van der Waals surface area contributed by atoms with Gasteiger partial charge in [-0.05, 0) is 83.1 Å². The van der Waals surface area contributed by atoms with Crippen LogP contribution in [0, 0.1) is 27.7 Å². The zero-order valence-corrected chi connectivity index (χ0v) is 21.4. The Morgan fingerprint density at radius 1 is 0.467 bits per heavy atom. The summed E-state index contributed by atoms with van der Waals surface area (Å²) >= 11 is 0. The van der Waals surface area contributed by atoms with Crippen molar-refractivity contribution >= 4 is 0 Å². The number of hydrogen-bond donors (Lipinski definition) is 0. The summed E-state index contributed by atoms with van der Waals surface area (Å²) in [6, 6.07) is 1.52. The molecule has 2 rings (SSSR count). The van der Waals surface area contributed by atoms with Gasteiger partial charge in [0.15, 0.2) is 0 Å². The van der Waals surface area contributed by atoms with Gasteiger partial charge in [0, 0.05) is 46.9 Å². The van der Waals surface area contributed by atoms with Crippen LogP contribution in [0.3, 0.4) is 0 Å². The third kappa shape index (κ3) is 4.37. The molecule has 0 amide bonds. The average Bonchev–Trinajstić information content (AvgIpc) is 3.02. The van der Waals surface area contributed by atoms with Crippen LogP contribution >= 0.6 is 0 Å². The third-order valence-corrected chi connectivity index (χ3v) is 6.03. The molecule has 0 aliphatic heterocycles. The maximum atomic E-state index is 5.04. The number of rotatable bonds is 7. The van der Waals surface area contributed by atoms with E-state index in [1.54, 1.807) is 0 Å². The first kappa shape index (κ1) is 24.3. The van der Waals surface area contributed by atoms with E-state index >= 15 is 0 Å². The Morgan fingerprint density at radius 2 is 0.667 bits per heavy atom. The van der Waals surface area contributed by atoms with Crippen molar-refractivity contribution in [1.82, 2.24) is 18.3 Å². The summed E-state index contributed by atoms with van der Waals surface area (Å²) in [4.78, 5) is 10.1. The standard InChI is InChI=1S/C24H44N6/c1-15(2)27-19(9)20(10)28(16(3)4)23(27)25-13-14-26-24-29(17(5)6)21(11)22(12)30(24)18(7)8/h15-18H,13-14H2,1-12H3. The van der Waals surface area contributed by atoms with Gasteiger partial charge in [-0.3, -0.25) is 9.98 Å². The van der Waals surface area contributed by atoms with Gasteiger partial charge in [0.2, 0.25) is 11.2 Å². The van der Waals surface area contributed by atoms with Gasteiger partial charge in [-0.15, -0.1) is 0 Å². The number of nitrogens with zero attached hydrogens (tertiary/aromatic N) is 6. The predicted octanol–water partition coefficient (Wildman–Crippen LogP) is 4.95. The topological polar surface area (TPSA) is 44.4 Å². The normalized spacial score (nSPS) is 12.1. The van der Waals surface area contributed by atoms with E-state index in [0.717, 1.165) is 11.2 Å². The molecule has 6 nitrogen and oxygen atoms in total. The van der Waals surface area contributed by atoms with E-state index in [4.69, 9.17) is 9.98 Å². The maximum absolute atomic E-state index is 5.04. The molecule has 2 heterocycles. The summed E-state index contributed by atoms with van der Waals surface area (Å²) < 4.78 is 9.42. The van der Waals surface area contributed by atoms with Crippen molar-refractivity contribution < 1.29 is 0 Å². The van der Waals surface area contributed by atoms with Gasteiger partial charge in [0.25, 0.3) is 0 Å². The van der Waals surface area contributed by atoms with Crippen molar-refractivity contribution in [3.63, 3.8) is 0 Å². The Kier molecular flexibility index (Phi) is 7.64. The van der Waals surface area contributed by atoms with Crippen molar-refractivity contribution in [2.24, 2.45) is 9.98 Å². The highest BCUT2D eigenvalue weighted by molar-refractivity contribution is 5.14. The van der Waals surface area contributed by atoms with Crippen LogP contribution in [-0.2, 0) is 0 Å².